The van der Waals surface area contributed by atoms with Crippen molar-refractivity contribution in [1.82, 2.24) is 9.44 Å². The molecule has 0 spiro atoms. The molecule has 1 unspecified atom stereocenters. The molecular formula is C27H40N2O4S2. The number of nitrogens with one attached hydrogen (secondary N) is 2. The highest BCUT2D eigenvalue weighted by Gasteiger charge is 2.27. The van der Waals surface area contributed by atoms with Gasteiger partial charge in [-0.2, -0.15) is 0 Å². The Kier molecular flexibility index (Phi) is 9.93. The molecule has 2 aromatic carbocycles. The fourth-order valence-corrected chi connectivity index (χ4v) is 6.73. The fraction of sp³-hybridized carbons (Fsp3) is 0.556. The van der Waals surface area contributed by atoms with E-state index in [1.165, 1.54) is 5.56 Å². The van der Waals surface area contributed by atoms with Gasteiger partial charge in [-0.05, 0) is 80.4 Å². The lowest BCUT2D eigenvalue weighted by Gasteiger charge is -2.32. The molecule has 2 N–H and O–H groups in total. The molecule has 1 aliphatic rings. The molecule has 0 heterocycles. The Morgan fingerprint density at radius 3 is 2.03 bits per heavy atom. The van der Waals surface area contributed by atoms with E-state index < -0.39 is 25.3 Å². The molecule has 2 aromatic rings. The second-order valence-corrected chi connectivity index (χ2v) is 14.3. The van der Waals surface area contributed by atoms with E-state index >= 15 is 0 Å². The average Bonchev–Trinajstić information content (AvgIpc) is 2.83. The van der Waals surface area contributed by atoms with Crippen LogP contribution in [0.4, 0.5) is 0 Å². The van der Waals surface area contributed by atoms with Crippen LogP contribution in [0.25, 0.3) is 0 Å². The van der Waals surface area contributed by atoms with Crippen LogP contribution < -0.4 is 9.44 Å². The van der Waals surface area contributed by atoms with Gasteiger partial charge in [0.25, 0.3) is 0 Å². The van der Waals surface area contributed by atoms with E-state index in [2.05, 4.69) is 40.6 Å². The van der Waals surface area contributed by atoms with E-state index in [0.29, 0.717) is 37.3 Å². The molecule has 0 amide bonds. The minimum Gasteiger partial charge on any atom is -0.215 e. The number of sulfonamides is 2. The summed E-state index contributed by atoms with van der Waals surface area (Å²) in [5, 5.41) is -0.400. The largest absolute Gasteiger partial charge is 0.215 e. The summed E-state index contributed by atoms with van der Waals surface area (Å²) >= 11 is 0. The first-order valence-corrected chi connectivity index (χ1v) is 15.8. The maximum atomic E-state index is 12.3. The van der Waals surface area contributed by atoms with Crippen molar-refractivity contribution in [2.24, 2.45) is 11.8 Å². The van der Waals surface area contributed by atoms with Crippen LogP contribution in [0.15, 0.2) is 54.6 Å². The van der Waals surface area contributed by atoms with Crippen LogP contribution in [-0.4, -0.2) is 35.2 Å². The molecule has 6 nitrogen and oxygen atoms in total. The summed E-state index contributed by atoms with van der Waals surface area (Å²) in [6.45, 7) is 6.45. The Morgan fingerprint density at radius 2 is 1.43 bits per heavy atom. The topological polar surface area (TPSA) is 92.3 Å². The summed E-state index contributed by atoms with van der Waals surface area (Å²) in [6.07, 6.45) is 5.11. The smallest absolute Gasteiger partial charge is 0.215 e. The van der Waals surface area contributed by atoms with Gasteiger partial charge in [0.15, 0.2) is 0 Å². The van der Waals surface area contributed by atoms with Gasteiger partial charge >= 0.3 is 0 Å². The molecule has 0 saturated heterocycles. The second-order valence-electron chi connectivity index (χ2n) is 10.2. The second kappa shape index (κ2) is 12.5. The number of hydrogen-bond donors (Lipinski definition) is 2. The minimum absolute atomic E-state index is 0.00231. The van der Waals surface area contributed by atoms with E-state index in [1.807, 2.05) is 30.3 Å². The van der Waals surface area contributed by atoms with Gasteiger partial charge in [-0.25, -0.2) is 26.3 Å². The Bertz CT molecular complexity index is 1120. The van der Waals surface area contributed by atoms with Gasteiger partial charge in [-0.1, -0.05) is 61.5 Å². The lowest BCUT2D eigenvalue weighted by molar-refractivity contribution is 0.246. The minimum atomic E-state index is -3.35. The number of benzene rings is 2. The average molecular weight is 521 g/mol. The van der Waals surface area contributed by atoms with Crippen LogP contribution in [-0.2, 0) is 32.2 Å². The molecule has 1 aliphatic carbocycles. The van der Waals surface area contributed by atoms with Crippen LogP contribution in [0.3, 0.4) is 0 Å². The molecule has 35 heavy (non-hydrogen) atoms. The maximum Gasteiger partial charge on any atom is 0.215 e. The third-order valence-corrected chi connectivity index (χ3v) is 10.4. The van der Waals surface area contributed by atoms with E-state index in [4.69, 9.17) is 0 Å². The molecule has 1 fully saturated rings. The van der Waals surface area contributed by atoms with E-state index in [9.17, 15) is 16.8 Å². The summed E-state index contributed by atoms with van der Waals surface area (Å²) in [7, 11) is -6.55. The maximum absolute atomic E-state index is 12.3. The Morgan fingerprint density at radius 1 is 0.800 bits per heavy atom. The van der Waals surface area contributed by atoms with Crippen molar-refractivity contribution in [2.45, 2.75) is 69.8 Å². The van der Waals surface area contributed by atoms with Crippen LogP contribution in [0.1, 0.15) is 69.1 Å². The predicted molar refractivity (Wildman–Crippen MR) is 143 cm³/mol. The van der Waals surface area contributed by atoms with Crippen molar-refractivity contribution in [3.05, 3.63) is 71.3 Å². The van der Waals surface area contributed by atoms with Gasteiger partial charge in [0.1, 0.15) is 0 Å². The molecule has 8 heteroatoms. The lowest BCUT2D eigenvalue weighted by atomic mass is 9.74. The van der Waals surface area contributed by atoms with Crippen molar-refractivity contribution in [1.29, 1.82) is 0 Å². The van der Waals surface area contributed by atoms with Gasteiger partial charge in [0.2, 0.25) is 20.0 Å². The van der Waals surface area contributed by atoms with Gasteiger partial charge in [0.05, 0.1) is 11.0 Å². The molecule has 0 radical (unpaired) electrons. The first-order valence-electron chi connectivity index (χ1n) is 12.6. The first kappa shape index (κ1) is 27.8. The molecule has 1 atom stereocenters. The fourth-order valence-electron chi connectivity index (χ4n) is 4.75. The molecule has 0 bridgehead atoms. The molecular weight excluding hydrogens is 480 g/mol. The number of rotatable bonds is 12. The Hall–Kier alpha value is -1.74. The SMILES string of the molecule is CC(CNS(=O)(=O)C(C)C)C1CCC(c2ccc(CCNS(=O)(=O)Cc3ccccc3)cc2)CC1. The first-order chi connectivity index (χ1) is 16.6. The summed E-state index contributed by atoms with van der Waals surface area (Å²) < 4.78 is 54.1. The molecule has 3 rings (SSSR count). The van der Waals surface area contributed by atoms with Crippen LogP contribution in [0, 0.1) is 11.8 Å². The summed E-state index contributed by atoms with van der Waals surface area (Å²) in [4.78, 5) is 0. The zero-order chi connectivity index (χ0) is 25.5. The summed E-state index contributed by atoms with van der Waals surface area (Å²) in [6, 6.07) is 17.8. The third-order valence-electron chi connectivity index (χ3n) is 7.19. The Labute approximate surface area is 212 Å². The van der Waals surface area contributed by atoms with Crippen molar-refractivity contribution < 1.29 is 16.8 Å². The zero-order valence-electron chi connectivity index (χ0n) is 21.1. The van der Waals surface area contributed by atoms with Gasteiger partial charge in [-0.15, -0.1) is 0 Å². The predicted octanol–water partition coefficient (Wildman–Crippen LogP) is 4.59. The molecule has 194 valence electrons. The lowest BCUT2D eigenvalue weighted by Crippen LogP contribution is -2.36. The van der Waals surface area contributed by atoms with E-state index in [0.717, 1.165) is 36.8 Å². The van der Waals surface area contributed by atoms with Gasteiger partial charge in [-0.3, -0.25) is 0 Å². The summed E-state index contributed by atoms with van der Waals surface area (Å²) in [5.74, 6) is 1.41. The quantitative estimate of drug-likeness (QED) is 0.428. The van der Waals surface area contributed by atoms with Crippen LogP contribution >= 0.6 is 0 Å². The van der Waals surface area contributed by atoms with Crippen LogP contribution in [0.2, 0.25) is 0 Å². The third kappa shape index (κ3) is 8.70. The van der Waals surface area contributed by atoms with Crippen molar-refractivity contribution in [3.8, 4) is 0 Å². The van der Waals surface area contributed by atoms with Crippen molar-refractivity contribution in [2.75, 3.05) is 13.1 Å². The Balaban J connectivity index is 1.42. The molecule has 0 aromatic heterocycles. The molecule has 1 saturated carbocycles. The molecule has 0 aliphatic heterocycles. The monoisotopic (exact) mass is 520 g/mol. The highest BCUT2D eigenvalue weighted by Crippen LogP contribution is 2.38. The standard InChI is InChI=1S/C27H40N2O4S2/c1-21(2)35(32,33)29-19-22(3)25-13-15-27(16-14-25)26-11-9-23(10-12-26)17-18-28-34(30,31)20-24-7-5-4-6-8-24/h4-12,21-22,25,27-29H,13-20H2,1-3H3. The van der Waals surface area contributed by atoms with E-state index in [1.54, 1.807) is 13.8 Å². The van der Waals surface area contributed by atoms with E-state index in [-0.39, 0.29) is 5.75 Å². The van der Waals surface area contributed by atoms with Crippen molar-refractivity contribution >= 4 is 20.0 Å². The van der Waals surface area contributed by atoms with Gasteiger partial charge in [0, 0.05) is 13.1 Å². The highest BCUT2D eigenvalue weighted by molar-refractivity contribution is 7.90. The number of hydrogen-bond acceptors (Lipinski definition) is 4. The van der Waals surface area contributed by atoms with Crippen molar-refractivity contribution in [3.63, 3.8) is 0 Å². The normalized spacial score (nSPS) is 20.1. The van der Waals surface area contributed by atoms with Crippen LogP contribution in [0.5, 0.6) is 0 Å². The zero-order valence-corrected chi connectivity index (χ0v) is 22.7. The summed E-state index contributed by atoms with van der Waals surface area (Å²) in [5.41, 5.74) is 3.24. The highest BCUT2D eigenvalue weighted by atomic mass is 32.2. The van der Waals surface area contributed by atoms with Gasteiger partial charge < -0.3 is 0 Å².